The number of alkyl halides is 1. The van der Waals surface area contributed by atoms with Crippen LogP contribution in [0.25, 0.3) is 0 Å². The van der Waals surface area contributed by atoms with Crippen molar-refractivity contribution < 1.29 is 9.13 Å². The van der Waals surface area contributed by atoms with Gasteiger partial charge in [-0.05, 0) is 37.9 Å². The summed E-state index contributed by atoms with van der Waals surface area (Å²) in [6, 6.07) is 6.03. The Morgan fingerprint density at radius 3 is 2.88 bits per heavy atom. The molecule has 1 fully saturated rings. The largest absolute Gasteiger partial charge is 0.496 e. The fourth-order valence-corrected chi connectivity index (χ4v) is 2.42. The third-order valence-corrected chi connectivity index (χ3v) is 3.15. The van der Waals surface area contributed by atoms with Gasteiger partial charge in [-0.1, -0.05) is 12.1 Å². The molecule has 1 saturated heterocycles. The lowest BCUT2D eigenvalue weighted by molar-refractivity contribution is 0.341. The van der Waals surface area contributed by atoms with Crippen molar-refractivity contribution in [1.29, 1.82) is 0 Å². The number of methoxy groups -OCH3 is 1. The molecule has 0 amide bonds. The molecule has 1 aromatic carbocycles. The second kappa shape index (κ2) is 4.83. The van der Waals surface area contributed by atoms with Crippen molar-refractivity contribution in [2.75, 3.05) is 13.7 Å². The van der Waals surface area contributed by atoms with Gasteiger partial charge < -0.3 is 10.1 Å². The molecule has 1 N–H and O–H groups in total. The fraction of sp³-hybridized carbons (Fsp3) is 0.538. The van der Waals surface area contributed by atoms with Gasteiger partial charge in [0.2, 0.25) is 0 Å². The van der Waals surface area contributed by atoms with Crippen LogP contribution in [0, 0.1) is 0 Å². The molecule has 0 aromatic heterocycles. The molecule has 2 unspecified atom stereocenters. The highest BCUT2D eigenvalue weighted by molar-refractivity contribution is 5.43. The topological polar surface area (TPSA) is 21.3 Å². The number of nitrogens with one attached hydrogen (secondary N) is 1. The van der Waals surface area contributed by atoms with Crippen molar-refractivity contribution in [3.63, 3.8) is 0 Å². The van der Waals surface area contributed by atoms with E-state index in [9.17, 15) is 4.39 Å². The van der Waals surface area contributed by atoms with Crippen LogP contribution in [-0.4, -0.2) is 13.7 Å². The average Bonchev–Trinajstić information content (AvgIpc) is 2.81. The summed E-state index contributed by atoms with van der Waals surface area (Å²) < 4.78 is 18.9. The minimum absolute atomic E-state index is 0.281. The first-order chi connectivity index (χ1) is 7.74. The minimum atomic E-state index is -0.992. The van der Waals surface area contributed by atoms with Crippen molar-refractivity contribution in [2.45, 2.75) is 32.0 Å². The SMILES string of the molecule is COc1cccc(C2CCCN2)c1C(C)F. The Hall–Kier alpha value is -1.09. The van der Waals surface area contributed by atoms with Crippen molar-refractivity contribution in [3.8, 4) is 5.75 Å². The summed E-state index contributed by atoms with van der Waals surface area (Å²) in [7, 11) is 1.59. The van der Waals surface area contributed by atoms with Gasteiger partial charge in [-0.3, -0.25) is 0 Å². The predicted molar refractivity (Wildman–Crippen MR) is 62.5 cm³/mol. The molecular weight excluding hydrogens is 205 g/mol. The van der Waals surface area contributed by atoms with Crippen molar-refractivity contribution in [2.24, 2.45) is 0 Å². The van der Waals surface area contributed by atoms with E-state index in [1.807, 2.05) is 18.2 Å². The maximum atomic E-state index is 13.7. The molecule has 1 heterocycles. The summed E-state index contributed by atoms with van der Waals surface area (Å²) in [6.07, 6.45) is 1.24. The molecule has 16 heavy (non-hydrogen) atoms. The second-order valence-electron chi connectivity index (χ2n) is 4.23. The second-order valence-corrected chi connectivity index (χ2v) is 4.23. The number of benzene rings is 1. The van der Waals surface area contributed by atoms with E-state index in [0.29, 0.717) is 11.3 Å². The van der Waals surface area contributed by atoms with Gasteiger partial charge in [0.1, 0.15) is 11.9 Å². The molecular formula is C13H18FNO. The normalized spacial score (nSPS) is 22.1. The van der Waals surface area contributed by atoms with Crippen LogP contribution in [0.5, 0.6) is 5.75 Å². The number of ether oxygens (including phenoxy) is 1. The molecule has 88 valence electrons. The average molecular weight is 223 g/mol. The van der Waals surface area contributed by atoms with Crippen LogP contribution in [-0.2, 0) is 0 Å². The van der Waals surface area contributed by atoms with Gasteiger partial charge in [0.25, 0.3) is 0 Å². The lowest BCUT2D eigenvalue weighted by Crippen LogP contribution is -2.15. The van der Waals surface area contributed by atoms with E-state index in [4.69, 9.17) is 4.74 Å². The molecule has 3 heteroatoms. The monoisotopic (exact) mass is 223 g/mol. The van der Waals surface area contributed by atoms with Gasteiger partial charge in [-0.25, -0.2) is 4.39 Å². The molecule has 0 bridgehead atoms. The third-order valence-electron chi connectivity index (χ3n) is 3.15. The first-order valence-electron chi connectivity index (χ1n) is 5.78. The standard InChI is InChI=1S/C13H18FNO/c1-9(14)13-10(11-6-4-8-15-11)5-3-7-12(13)16-2/h3,5,7,9,11,15H,4,6,8H2,1-2H3. The molecule has 1 aliphatic rings. The highest BCUT2D eigenvalue weighted by Crippen LogP contribution is 2.36. The van der Waals surface area contributed by atoms with Gasteiger partial charge >= 0.3 is 0 Å². The minimum Gasteiger partial charge on any atom is -0.496 e. The van der Waals surface area contributed by atoms with Crippen molar-refractivity contribution in [1.82, 2.24) is 5.32 Å². The maximum Gasteiger partial charge on any atom is 0.126 e. The van der Waals surface area contributed by atoms with E-state index in [2.05, 4.69) is 5.32 Å². The zero-order valence-electron chi connectivity index (χ0n) is 9.79. The van der Waals surface area contributed by atoms with Gasteiger partial charge in [-0.2, -0.15) is 0 Å². The molecule has 0 saturated carbocycles. The molecule has 2 atom stereocenters. The summed E-state index contributed by atoms with van der Waals surface area (Å²) in [6.45, 7) is 2.58. The van der Waals surface area contributed by atoms with Gasteiger partial charge in [0.15, 0.2) is 0 Å². The summed E-state index contributed by atoms with van der Waals surface area (Å²) >= 11 is 0. The van der Waals surface area contributed by atoms with Crippen LogP contribution in [0.1, 0.15) is 43.1 Å². The Morgan fingerprint density at radius 2 is 2.31 bits per heavy atom. The van der Waals surface area contributed by atoms with E-state index in [0.717, 1.165) is 24.9 Å². The van der Waals surface area contributed by atoms with Crippen molar-refractivity contribution >= 4 is 0 Å². The zero-order valence-corrected chi connectivity index (χ0v) is 9.79. The van der Waals surface area contributed by atoms with E-state index >= 15 is 0 Å². The summed E-state index contributed by atoms with van der Waals surface area (Å²) in [5, 5.41) is 3.40. The van der Waals surface area contributed by atoms with Crippen LogP contribution >= 0.6 is 0 Å². The number of halogens is 1. The lowest BCUT2D eigenvalue weighted by Gasteiger charge is -2.19. The smallest absolute Gasteiger partial charge is 0.126 e. The molecule has 0 aliphatic carbocycles. The van der Waals surface area contributed by atoms with E-state index in [1.165, 1.54) is 0 Å². The first kappa shape index (κ1) is 11.4. The van der Waals surface area contributed by atoms with Crippen LogP contribution in [0.3, 0.4) is 0 Å². The van der Waals surface area contributed by atoms with Crippen LogP contribution < -0.4 is 10.1 Å². The van der Waals surface area contributed by atoms with Gasteiger partial charge in [0, 0.05) is 11.6 Å². The molecule has 0 spiro atoms. The molecule has 1 aliphatic heterocycles. The molecule has 0 radical (unpaired) electrons. The quantitative estimate of drug-likeness (QED) is 0.850. The van der Waals surface area contributed by atoms with Crippen LogP contribution in [0.2, 0.25) is 0 Å². The number of rotatable bonds is 3. The van der Waals surface area contributed by atoms with Crippen LogP contribution in [0.4, 0.5) is 4.39 Å². The highest BCUT2D eigenvalue weighted by atomic mass is 19.1. The summed E-state index contributed by atoms with van der Waals surface area (Å²) in [4.78, 5) is 0. The Kier molecular flexibility index (Phi) is 3.44. The Balaban J connectivity index is 2.42. The Labute approximate surface area is 95.8 Å². The fourth-order valence-electron chi connectivity index (χ4n) is 2.42. The van der Waals surface area contributed by atoms with E-state index in [1.54, 1.807) is 14.0 Å². The highest BCUT2D eigenvalue weighted by Gasteiger charge is 2.23. The van der Waals surface area contributed by atoms with Crippen molar-refractivity contribution in [3.05, 3.63) is 29.3 Å². The number of hydrogen-bond acceptors (Lipinski definition) is 2. The molecule has 2 rings (SSSR count). The van der Waals surface area contributed by atoms with E-state index in [-0.39, 0.29) is 6.04 Å². The summed E-state index contributed by atoms with van der Waals surface area (Å²) in [5.74, 6) is 0.654. The third kappa shape index (κ3) is 2.05. The Bertz CT molecular complexity index is 359. The Morgan fingerprint density at radius 1 is 1.50 bits per heavy atom. The van der Waals surface area contributed by atoms with Crippen LogP contribution in [0.15, 0.2) is 18.2 Å². The lowest BCUT2D eigenvalue weighted by atomic mass is 9.96. The summed E-state index contributed by atoms with van der Waals surface area (Å²) in [5.41, 5.74) is 1.75. The van der Waals surface area contributed by atoms with E-state index < -0.39 is 6.17 Å². The maximum absolute atomic E-state index is 13.7. The van der Waals surface area contributed by atoms with Gasteiger partial charge in [-0.15, -0.1) is 0 Å². The molecule has 2 nitrogen and oxygen atoms in total. The molecule has 1 aromatic rings. The van der Waals surface area contributed by atoms with Gasteiger partial charge in [0.05, 0.1) is 7.11 Å². The number of hydrogen-bond donors (Lipinski definition) is 1. The predicted octanol–water partition coefficient (Wildman–Crippen LogP) is 3.15. The zero-order chi connectivity index (χ0) is 11.5. The first-order valence-corrected chi connectivity index (χ1v) is 5.78.